The Morgan fingerprint density at radius 1 is 0.957 bits per heavy atom. The minimum Gasteiger partial charge on any atom is -0.332 e. The van der Waals surface area contributed by atoms with Crippen LogP contribution < -0.4 is 16.0 Å². The van der Waals surface area contributed by atoms with E-state index in [4.69, 9.17) is 12.2 Å². The zero-order chi connectivity index (χ0) is 16.7. The van der Waals surface area contributed by atoms with Crippen LogP contribution >= 0.6 is 12.2 Å². The molecule has 0 aromatic heterocycles. The summed E-state index contributed by atoms with van der Waals surface area (Å²) in [4.78, 5) is 23.8. The molecule has 0 unspecified atom stereocenters. The Bertz CT molecular complexity index is 717. The second-order valence-corrected chi connectivity index (χ2v) is 5.13. The van der Waals surface area contributed by atoms with Crippen LogP contribution in [0.15, 0.2) is 54.6 Å². The number of amides is 2. The number of anilines is 2. The van der Waals surface area contributed by atoms with E-state index in [1.54, 1.807) is 43.3 Å². The van der Waals surface area contributed by atoms with Crippen LogP contribution in [0.4, 0.5) is 11.4 Å². The summed E-state index contributed by atoms with van der Waals surface area (Å²) in [5.41, 5.74) is 1.67. The quantitative estimate of drug-likeness (QED) is 0.755. The maximum absolute atomic E-state index is 12.4. The average molecular weight is 327 g/mol. The predicted molar refractivity (Wildman–Crippen MR) is 95.5 cm³/mol. The molecule has 0 spiro atoms. The number of thiocarbonyl (C=S) groups is 1. The standard InChI is InChI=1S/C17H17N3O2S/c1-2-15(21)20-17(23)19-14-11-7-6-10-13(14)16(22)18-12-8-4-3-5-9-12/h3-11H,2H2,1H3,(H,18,22)(H2,19,20,21,23). The van der Waals surface area contributed by atoms with Gasteiger partial charge in [-0.25, -0.2) is 0 Å². The van der Waals surface area contributed by atoms with Gasteiger partial charge < -0.3 is 16.0 Å². The molecule has 3 N–H and O–H groups in total. The van der Waals surface area contributed by atoms with Crippen LogP contribution in [0.3, 0.4) is 0 Å². The summed E-state index contributed by atoms with van der Waals surface area (Å²) in [5.74, 6) is -0.447. The lowest BCUT2D eigenvalue weighted by molar-refractivity contribution is -0.119. The number of nitrogens with one attached hydrogen (secondary N) is 3. The molecule has 0 aliphatic heterocycles. The highest BCUT2D eigenvalue weighted by Crippen LogP contribution is 2.17. The van der Waals surface area contributed by atoms with Crippen molar-refractivity contribution in [2.75, 3.05) is 10.6 Å². The molecule has 0 atom stereocenters. The fourth-order valence-electron chi connectivity index (χ4n) is 1.88. The van der Waals surface area contributed by atoms with Crippen LogP contribution in [0.25, 0.3) is 0 Å². The minimum absolute atomic E-state index is 0.164. The van der Waals surface area contributed by atoms with Crippen LogP contribution in [0.2, 0.25) is 0 Å². The monoisotopic (exact) mass is 327 g/mol. The van der Waals surface area contributed by atoms with E-state index in [0.29, 0.717) is 23.4 Å². The van der Waals surface area contributed by atoms with E-state index in [2.05, 4.69) is 16.0 Å². The highest BCUT2D eigenvalue weighted by atomic mass is 32.1. The lowest BCUT2D eigenvalue weighted by atomic mass is 10.1. The van der Waals surface area contributed by atoms with E-state index in [1.807, 2.05) is 18.2 Å². The summed E-state index contributed by atoms with van der Waals surface area (Å²) >= 11 is 5.08. The molecule has 0 aliphatic rings. The first-order valence-corrected chi connectivity index (χ1v) is 7.57. The van der Waals surface area contributed by atoms with Crippen LogP contribution in [-0.2, 0) is 4.79 Å². The van der Waals surface area contributed by atoms with Gasteiger partial charge in [-0.3, -0.25) is 9.59 Å². The molecule has 6 heteroatoms. The van der Waals surface area contributed by atoms with Crippen molar-refractivity contribution < 1.29 is 9.59 Å². The third kappa shape index (κ3) is 4.89. The topological polar surface area (TPSA) is 70.2 Å². The zero-order valence-electron chi connectivity index (χ0n) is 12.6. The van der Waals surface area contributed by atoms with Crippen molar-refractivity contribution in [3.63, 3.8) is 0 Å². The number of carbonyl (C=O) groups is 2. The fourth-order valence-corrected chi connectivity index (χ4v) is 2.10. The second kappa shape index (κ2) is 8.05. The Hall–Kier alpha value is -2.73. The van der Waals surface area contributed by atoms with Gasteiger partial charge in [-0.2, -0.15) is 0 Å². The lowest BCUT2D eigenvalue weighted by Crippen LogP contribution is -2.34. The summed E-state index contributed by atoms with van der Waals surface area (Å²) in [6.07, 6.45) is 0.331. The van der Waals surface area contributed by atoms with E-state index < -0.39 is 0 Å². The van der Waals surface area contributed by atoms with Gasteiger partial charge in [-0.05, 0) is 36.5 Å². The molecular formula is C17H17N3O2S. The molecule has 118 valence electrons. The first-order chi connectivity index (χ1) is 11.1. The van der Waals surface area contributed by atoms with Gasteiger partial charge in [0, 0.05) is 12.1 Å². The highest BCUT2D eigenvalue weighted by Gasteiger charge is 2.12. The third-order valence-electron chi connectivity index (χ3n) is 3.03. The van der Waals surface area contributed by atoms with E-state index in [-0.39, 0.29) is 16.9 Å². The van der Waals surface area contributed by atoms with Gasteiger partial charge in [-0.1, -0.05) is 37.3 Å². The summed E-state index contributed by atoms with van der Waals surface area (Å²) in [5, 5.41) is 8.40. The first-order valence-electron chi connectivity index (χ1n) is 7.16. The summed E-state index contributed by atoms with van der Waals surface area (Å²) in [6.45, 7) is 1.74. The molecule has 5 nitrogen and oxygen atoms in total. The number of rotatable bonds is 4. The maximum Gasteiger partial charge on any atom is 0.257 e. The summed E-state index contributed by atoms with van der Waals surface area (Å²) in [7, 11) is 0. The van der Waals surface area contributed by atoms with Crippen molar-refractivity contribution in [1.82, 2.24) is 5.32 Å². The van der Waals surface area contributed by atoms with Gasteiger partial charge in [0.05, 0.1) is 11.3 Å². The minimum atomic E-state index is -0.260. The second-order valence-electron chi connectivity index (χ2n) is 4.72. The largest absolute Gasteiger partial charge is 0.332 e. The molecule has 2 aromatic carbocycles. The Morgan fingerprint density at radius 2 is 1.61 bits per heavy atom. The van der Waals surface area contributed by atoms with Crippen molar-refractivity contribution in [3.05, 3.63) is 60.2 Å². The van der Waals surface area contributed by atoms with Crippen molar-refractivity contribution in [2.24, 2.45) is 0 Å². The number of hydrogen-bond acceptors (Lipinski definition) is 3. The Balaban J connectivity index is 2.12. The fraction of sp³-hybridized carbons (Fsp3) is 0.118. The Labute approximate surface area is 140 Å². The van der Waals surface area contributed by atoms with Gasteiger partial charge in [0.25, 0.3) is 5.91 Å². The predicted octanol–water partition coefficient (Wildman–Crippen LogP) is 3.16. The number of carbonyl (C=O) groups excluding carboxylic acids is 2. The molecule has 2 rings (SSSR count). The van der Waals surface area contributed by atoms with Gasteiger partial charge >= 0.3 is 0 Å². The maximum atomic E-state index is 12.4. The van der Waals surface area contributed by atoms with Crippen LogP contribution in [0.5, 0.6) is 0 Å². The summed E-state index contributed by atoms with van der Waals surface area (Å²) in [6, 6.07) is 16.1. The van der Waals surface area contributed by atoms with Crippen molar-refractivity contribution in [2.45, 2.75) is 13.3 Å². The van der Waals surface area contributed by atoms with Gasteiger partial charge in [0.15, 0.2) is 5.11 Å². The third-order valence-corrected chi connectivity index (χ3v) is 3.23. The number of hydrogen-bond donors (Lipinski definition) is 3. The molecule has 0 bridgehead atoms. The SMILES string of the molecule is CCC(=O)NC(=S)Nc1ccccc1C(=O)Nc1ccccc1. The smallest absolute Gasteiger partial charge is 0.257 e. The molecule has 0 radical (unpaired) electrons. The van der Waals surface area contributed by atoms with Crippen LogP contribution in [0.1, 0.15) is 23.7 Å². The molecule has 2 amide bonds. The molecule has 0 saturated carbocycles. The molecule has 23 heavy (non-hydrogen) atoms. The van der Waals surface area contributed by atoms with Gasteiger partial charge in [0.1, 0.15) is 0 Å². The molecular weight excluding hydrogens is 310 g/mol. The van der Waals surface area contributed by atoms with Gasteiger partial charge in [0.2, 0.25) is 5.91 Å². The first kappa shape index (κ1) is 16.6. The Morgan fingerprint density at radius 3 is 2.30 bits per heavy atom. The van der Waals surface area contributed by atoms with Crippen molar-refractivity contribution in [3.8, 4) is 0 Å². The molecule has 0 fully saturated rings. The van der Waals surface area contributed by atoms with Crippen molar-refractivity contribution in [1.29, 1.82) is 0 Å². The van der Waals surface area contributed by atoms with Gasteiger partial charge in [-0.15, -0.1) is 0 Å². The molecule has 0 saturated heterocycles. The molecule has 2 aromatic rings. The van der Waals surface area contributed by atoms with E-state index in [0.717, 1.165) is 0 Å². The van der Waals surface area contributed by atoms with E-state index >= 15 is 0 Å². The van der Waals surface area contributed by atoms with Crippen molar-refractivity contribution >= 4 is 40.5 Å². The van der Waals surface area contributed by atoms with Crippen LogP contribution in [0, 0.1) is 0 Å². The highest BCUT2D eigenvalue weighted by molar-refractivity contribution is 7.80. The lowest BCUT2D eigenvalue weighted by Gasteiger charge is -2.13. The average Bonchev–Trinajstić information content (AvgIpc) is 2.56. The van der Waals surface area contributed by atoms with E-state index in [1.165, 1.54) is 0 Å². The molecule has 0 aliphatic carbocycles. The number of benzene rings is 2. The van der Waals surface area contributed by atoms with Crippen LogP contribution in [-0.4, -0.2) is 16.9 Å². The molecule has 0 heterocycles. The normalized spacial score (nSPS) is 9.78. The van der Waals surface area contributed by atoms with E-state index in [9.17, 15) is 9.59 Å². The number of para-hydroxylation sites is 2. The zero-order valence-corrected chi connectivity index (χ0v) is 13.4. The summed E-state index contributed by atoms with van der Waals surface area (Å²) < 4.78 is 0. The Kier molecular flexibility index (Phi) is 5.82.